The zero-order valence-corrected chi connectivity index (χ0v) is 18.0. The molecule has 0 aromatic rings. The Morgan fingerprint density at radius 2 is 1.87 bits per heavy atom. The van der Waals surface area contributed by atoms with Gasteiger partial charge in [-0.1, -0.05) is 26.3 Å². The SMILES string of the molecule is CC(=O)OCC(=O)[C@]12N=C(NC(=O)C(C)(C)C)NC(=O)[C@H]1CC(C)=C[C@@H]2OC(C)=O. The summed E-state index contributed by atoms with van der Waals surface area (Å²) in [6.45, 7) is 8.41. The summed E-state index contributed by atoms with van der Waals surface area (Å²) in [5, 5.41) is 5.02. The van der Waals surface area contributed by atoms with E-state index in [0.29, 0.717) is 0 Å². The topological polar surface area (TPSA) is 140 Å². The lowest BCUT2D eigenvalue weighted by atomic mass is 9.68. The van der Waals surface area contributed by atoms with Gasteiger partial charge in [-0.3, -0.25) is 34.6 Å². The number of amides is 2. The second kappa shape index (κ2) is 8.37. The number of Topliss-reactive ketones (excluding diaryl/α,β-unsaturated/α-hetero) is 1. The van der Waals surface area contributed by atoms with Gasteiger partial charge in [0.1, 0.15) is 0 Å². The number of carbonyl (C=O) groups excluding carboxylic acids is 5. The molecule has 2 N–H and O–H groups in total. The van der Waals surface area contributed by atoms with E-state index in [2.05, 4.69) is 15.6 Å². The van der Waals surface area contributed by atoms with Gasteiger partial charge in [0.05, 0.1) is 5.92 Å². The first-order valence-corrected chi connectivity index (χ1v) is 9.50. The molecule has 164 valence electrons. The maximum atomic E-state index is 13.2. The van der Waals surface area contributed by atoms with E-state index in [1.165, 1.54) is 6.92 Å². The molecular formula is C20H27N3O7. The van der Waals surface area contributed by atoms with Crippen molar-refractivity contribution in [2.45, 2.75) is 59.6 Å². The fraction of sp³-hybridized carbons (Fsp3) is 0.600. The minimum absolute atomic E-state index is 0.180. The first kappa shape index (κ1) is 23.2. The molecule has 0 saturated heterocycles. The molecule has 3 atom stereocenters. The van der Waals surface area contributed by atoms with E-state index < -0.39 is 59.1 Å². The fourth-order valence-electron chi connectivity index (χ4n) is 3.34. The fourth-order valence-corrected chi connectivity index (χ4v) is 3.34. The van der Waals surface area contributed by atoms with E-state index in [0.717, 1.165) is 12.5 Å². The number of nitrogens with one attached hydrogen (secondary N) is 2. The third kappa shape index (κ3) is 4.74. The molecule has 0 fully saturated rings. The van der Waals surface area contributed by atoms with E-state index in [4.69, 9.17) is 9.47 Å². The van der Waals surface area contributed by atoms with Crippen LogP contribution < -0.4 is 10.6 Å². The van der Waals surface area contributed by atoms with Crippen molar-refractivity contribution in [3.8, 4) is 0 Å². The lowest BCUT2D eigenvalue weighted by Crippen LogP contribution is -2.67. The molecule has 0 saturated carbocycles. The molecule has 1 aliphatic carbocycles. The molecule has 30 heavy (non-hydrogen) atoms. The normalized spacial score (nSPS) is 25.7. The Morgan fingerprint density at radius 3 is 2.40 bits per heavy atom. The van der Waals surface area contributed by atoms with Gasteiger partial charge in [-0.2, -0.15) is 0 Å². The van der Waals surface area contributed by atoms with Crippen LogP contribution in [0.3, 0.4) is 0 Å². The number of guanidine groups is 1. The minimum atomic E-state index is -1.87. The van der Waals surface area contributed by atoms with Gasteiger partial charge in [0, 0.05) is 19.3 Å². The predicted octanol–water partition coefficient (Wildman–Crippen LogP) is 0.403. The van der Waals surface area contributed by atoms with Crippen LogP contribution in [-0.4, -0.2) is 53.7 Å². The van der Waals surface area contributed by atoms with Gasteiger partial charge in [0.15, 0.2) is 18.2 Å². The van der Waals surface area contributed by atoms with Crippen molar-refractivity contribution in [1.29, 1.82) is 0 Å². The molecule has 10 nitrogen and oxygen atoms in total. The van der Waals surface area contributed by atoms with Gasteiger partial charge in [0.2, 0.25) is 23.6 Å². The van der Waals surface area contributed by atoms with Gasteiger partial charge in [-0.25, -0.2) is 4.99 Å². The molecule has 1 aliphatic heterocycles. The number of fused-ring (bicyclic) bond motifs is 1. The highest BCUT2D eigenvalue weighted by Gasteiger charge is 2.59. The molecular weight excluding hydrogens is 394 g/mol. The second-order valence-corrected chi connectivity index (χ2v) is 8.48. The summed E-state index contributed by atoms with van der Waals surface area (Å²) in [5.74, 6) is -4.30. The molecule has 0 radical (unpaired) electrons. The maximum absolute atomic E-state index is 13.2. The number of aliphatic imine (C=N–C) groups is 1. The number of carbonyl (C=O) groups is 5. The van der Waals surface area contributed by atoms with Crippen molar-refractivity contribution >= 4 is 35.5 Å². The number of nitrogens with zero attached hydrogens (tertiary/aromatic N) is 1. The molecule has 1 heterocycles. The van der Waals surface area contributed by atoms with Crippen LogP contribution in [0.15, 0.2) is 16.6 Å². The summed E-state index contributed by atoms with van der Waals surface area (Å²) in [7, 11) is 0. The predicted molar refractivity (Wildman–Crippen MR) is 105 cm³/mol. The molecule has 2 amide bonds. The van der Waals surface area contributed by atoms with E-state index in [9.17, 15) is 24.0 Å². The van der Waals surface area contributed by atoms with Crippen molar-refractivity contribution in [3.05, 3.63) is 11.6 Å². The minimum Gasteiger partial charge on any atom is -0.458 e. The monoisotopic (exact) mass is 421 g/mol. The number of hydrogen-bond donors (Lipinski definition) is 2. The summed E-state index contributed by atoms with van der Waals surface area (Å²) < 4.78 is 10.2. The van der Waals surface area contributed by atoms with Crippen molar-refractivity contribution < 1.29 is 33.4 Å². The Balaban J connectivity index is 2.61. The molecule has 10 heteroatoms. The van der Waals surface area contributed by atoms with Gasteiger partial charge in [-0.05, 0) is 19.4 Å². The van der Waals surface area contributed by atoms with Crippen LogP contribution in [0, 0.1) is 11.3 Å². The van der Waals surface area contributed by atoms with E-state index in [-0.39, 0.29) is 12.4 Å². The van der Waals surface area contributed by atoms with E-state index in [1.807, 2.05) is 0 Å². The summed E-state index contributed by atoms with van der Waals surface area (Å²) in [5.41, 5.74) is -1.93. The zero-order chi connectivity index (χ0) is 22.9. The van der Waals surface area contributed by atoms with Crippen LogP contribution in [0.4, 0.5) is 0 Å². The Kier molecular flexibility index (Phi) is 6.48. The Morgan fingerprint density at radius 1 is 1.23 bits per heavy atom. The van der Waals surface area contributed by atoms with Crippen molar-refractivity contribution in [3.63, 3.8) is 0 Å². The molecule has 0 aromatic carbocycles. The smallest absolute Gasteiger partial charge is 0.303 e. The molecule has 0 bridgehead atoms. The number of rotatable bonds is 4. The largest absolute Gasteiger partial charge is 0.458 e. The van der Waals surface area contributed by atoms with Crippen LogP contribution in [0.5, 0.6) is 0 Å². The quantitative estimate of drug-likeness (QED) is 0.495. The van der Waals surface area contributed by atoms with Gasteiger partial charge in [0.25, 0.3) is 0 Å². The highest BCUT2D eigenvalue weighted by molar-refractivity contribution is 6.12. The number of esters is 2. The third-order valence-corrected chi connectivity index (χ3v) is 4.84. The number of ether oxygens (including phenoxy) is 2. The van der Waals surface area contributed by atoms with Crippen molar-refractivity contribution in [2.24, 2.45) is 16.3 Å². The van der Waals surface area contributed by atoms with Gasteiger partial charge in [-0.15, -0.1) is 0 Å². The zero-order valence-electron chi connectivity index (χ0n) is 18.0. The summed E-state index contributed by atoms with van der Waals surface area (Å²) >= 11 is 0. The first-order chi connectivity index (χ1) is 13.8. The number of allylic oxidation sites excluding steroid dienone is 1. The van der Waals surface area contributed by atoms with Crippen LogP contribution in [0.2, 0.25) is 0 Å². The highest BCUT2D eigenvalue weighted by Crippen LogP contribution is 2.41. The van der Waals surface area contributed by atoms with E-state index >= 15 is 0 Å². The Bertz CT molecular complexity index is 853. The second-order valence-electron chi connectivity index (χ2n) is 8.48. The van der Waals surface area contributed by atoms with Crippen LogP contribution >= 0.6 is 0 Å². The highest BCUT2D eigenvalue weighted by atomic mass is 16.5. The van der Waals surface area contributed by atoms with Crippen LogP contribution in [0.1, 0.15) is 48.0 Å². The first-order valence-electron chi connectivity index (χ1n) is 9.50. The standard InChI is InChI=1S/C20H27N3O7/c1-10-7-13-16(27)21-18(22-17(28)19(4,5)6)23-20(13,14(26)9-29-11(2)24)15(8-10)30-12(3)25/h8,13,15H,7,9H2,1-6H3,(H2,21,22,23,27,28)/t13-,15+,20-/m1/s1. The van der Waals surface area contributed by atoms with Crippen molar-refractivity contribution in [1.82, 2.24) is 10.6 Å². The Hall–Kier alpha value is -3.04. The van der Waals surface area contributed by atoms with E-state index in [1.54, 1.807) is 33.8 Å². The van der Waals surface area contributed by atoms with Gasteiger partial charge < -0.3 is 9.47 Å². The summed E-state index contributed by atoms with van der Waals surface area (Å²) in [4.78, 5) is 65.9. The summed E-state index contributed by atoms with van der Waals surface area (Å²) in [6, 6.07) is 0. The molecule has 0 aromatic heterocycles. The lowest BCUT2D eigenvalue weighted by Gasteiger charge is -2.45. The van der Waals surface area contributed by atoms with Crippen LogP contribution in [0.25, 0.3) is 0 Å². The Labute approximate surface area is 174 Å². The summed E-state index contributed by atoms with van der Waals surface area (Å²) in [6.07, 6.45) is 0.526. The third-order valence-electron chi connectivity index (χ3n) is 4.84. The maximum Gasteiger partial charge on any atom is 0.303 e. The molecule has 0 unspecified atom stereocenters. The average Bonchev–Trinajstić information content (AvgIpc) is 2.59. The van der Waals surface area contributed by atoms with Crippen LogP contribution in [-0.2, 0) is 33.4 Å². The lowest BCUT2D eigenvalue weighted by molar-refractivity contribution is -0.159. The molecule has 2 rings (SSSR count). The number of hydrogen-bond acceptors (Lipinski definition) is 8. The average molecular weight is 421 g/mol. The van der Waals surface area contributed by atoms with Gasteiger partial charge >= 0.3 is 11.9 Å². The number of ketones is 1. The molecule has 0 spiro atoms. The molecule has 2 aliphatic rings. The van der Waals surface area contributed by atoms with Crippen molar-refractivity contribution in [2.75, 3.05) is 6.61 Å².